The standard InChI is InChI=1S/C7H7N5O3S/c1-16(15)6-2-5(8)10-7-4(12(13)14)3-9-11(6)7/h2-3H,1H3,(H2,8,10). The number of hydrogen-bond donors (Lipinski definition) is 1. The molecule has 2 heterocycles. The van der Waals surface area contributed by atoms with Crippen molar-refractivity contribution in [2.24, 2.45) is 0 Å². The zero-order chi connectivity index (χ0) is 11.9. The summed E-state index contributed by atoms with van der Waals surface area (Å²) in [6.45, 7) is 0. The van der Waals surface area contributed by atoms with E-state index >= 15 is 0 Å². The molecule has 9 heteroatoms. The molecule has 0 spiro atoms. The molecule has 0 aromatic carbocycles. The third-order valence-corrected chi connectivity index (χ3v) is 2.81. The first-order valence-electron chi connectivity index (χ1n) is 4.13. The van der Waals surface area contributed by atoms with E-state index in [1.807, 2.05) is 0 Å². The van der Waals surface area contributed by atoms with Crippen molar-refractivity contribution in [2.75, 3.05) is 12.0 Å². The normalized spacial score (nSPS) is 12.8. The van der Waals surface area contributed by atoms with E-state index < -0.39 is 15.7 Å². The largest absolute Gasteiger partial charge is 0.384 e. The van der Waals surface area contributed by atoms with Crippen LogP contribution in [-0.2, 0) is 10.8 Å². The van der Waals surface area contributed by atoms with Crippen molar-refractivity contribution < 1.29 is 9.13 Å². The summed E-state index contributed by atoms with van der Waals surface area (Å²) < 4.78 is 12.5. The molecule has 16 heavy (non-hydrogen) atoms. The molecule has 84 valence electrons. The van der Waals surface area contributed by atoms with E-state index in [4.69, 9.17) is 5.73 Å². The summed E-state index contributed by atoms with van der Waals surface area (Å²) in [6.07, 6.45) is 2.49. The van der Waals surface area contributed by atoms with Crippen LogP contribution in [0.3, 0.4) is 0 Å². The van der Waals surface area contributed by atoms with E-state index in [2.05, 4.69) is 10.1 Å². The monoisotopic (exact) mass is 241 g/mol. The zero-order valence-corrected chi connectivity index (χ0v) is 8.97. The van der Waals surface area contributed by atoms with E-state index in [1.54, 1.807) is 0 Å². The molecule has 2 N–H and O–H groups in total. The maximum absolute atomic E-state index is 11.4. The first-order chi connectivity index (χ1) is 7.50. The van der Waals surface area contributed by atoms with Crippen LogP contribution in [0.4, 0.5) is 11.5 Å². The van der Waals surface area contributed by atoms with Gasteiger partial charge < -0.3 is 5.73 Å². The lowest BCUT2D eigenvalue weighted by Gasteiger charge is -2.01. The Balaban J connectivity index is 2.86. The summed E-state index contributed by atoms with van der Waals surface area (Å²) in [5, 5.41) is 14.7. The predicted octanol–water partition coefficient (Wildman–Crippen LogP) is -0.0429. The van der Waals surface area contributed by atoms with Crippen LogP contribution in [0.5, 0.6) is 0 Å². The molecule has 2 rings (SSSR count). The van der Waals surface area contributed by atoms with Crippen LogP contribution in [0.1, 0.15) is 0 Å². The van der Waals surface area contributed by atoms with Crippen LogP contribution in [0.25, 0.3) is 5.65 Å². The molecule has 1 unspecified atom stereocenters. The molecular formula is C7H7N5O3S. The van der Waals surface area contributed by atoms with E-state index in [0.717, 1.165) is 10.7 Å². The third kappa shape index (κ3) is 1.50. The number of rotatable bonds is 2. The van der Waals surface area contributed by atoms with Crippen molar-refractivity contribution in [2.45, 2.75) is 5.03 Å². The lowest BCUT2D eigenvalue weighted by Crippen LogP contribution is -2.04. The average Bonchev–Trinajstić information content (AvgIpc) is 2.59. The van der Waals surface area contributed by atoms with Gasteiger partial charge in [-0.2, -0.15) is 9.61 Å². The quantitative estimate of drug-likeness (QED) is 0.448. The number of anilines is 1. The number of nitrogens with zero attached hydrogens (tertiary/aromatic N) is 4. The molecule has 1 atom stereocenters. The van der Waals surface area contributed by atoms with Gasteiger partial charge in [-0.05, 0) is 0 Å². The maximum Gasteiger partial charge on any atom is 0.333 e. The van der Waals surface area contributed by atoms with Gasteiger partial charge in [-0.15, -0.1) is 0 Å². The topological polar surface area (TPSA) is 116 Å². The minimum Gasteiger partial charge on any atom is -0.384 e. The fraction of sp³-hybridized carbons (Fsp3) is 0.143. The highest BCUT2D eigenvalue weighted by Gasteiger charge is 2.19. The van der Waals surface area contributed by atoms with Gasteiger partial charge in [0, 0.05) is 12.3 Å². The van der Waals surface area contributed by atoms with Gasteiger partial charge in [0.1, 0.15) is 17.0 Å². The molecule has 0 aliphatic heterocycles. The second-order valence-corrected chi connectivity index (χ2v) is 4.32. The Kier molecular flexibility index (Phi) is 2.31. The fourth-order valence-corrected chi connectivity index (χ4v) is 1.94. The Morgan fingerprint density at radius 3 is 2.88 bits per heavy atom. The molecule has 0 fully saturated rings. The lowest BCUT2D eigenvalue weighted by molar-refractivity contribution is -0.383. The number of fused-ring (bicyclic) bond motifs is 1. The Labute approximate surface area is 91.7 Å². The fourth-order valence-electron chi connectivity index (χ4n) is 1.28. The van der Waals surface area contributed by atoms with Crippen LogP contribution < -0.4 is 5.73 Å². The Morgan fingerprint density at radius 2 is 2.31 bits per heavy atom. The van der Waals surface area contributed by atoms with Gasteiger partial charge in [-0.3, -0.25) is 14.3 Å². The molecule has 0 radical (unpaired) electrons. The van der Waals surface area contributed by atoms with E-state index in [9.17, 15) is 14.3 Å². The smallest absolute Gasteiger partial charge is 0.333 e. The molecular weight excluding hydrogens is 234 g/mol. The number of hydrogen-bond acceptors (Lipinski definition) is 6. The Morgan fingerprint density at radius 1 is 1.62 bits per heavy atom. The molecule has 0 aliphatic rings. The summed E-state index contributed by atoms with van der Waals surface area (Å²) in [6, 6.07) is 1.37. The van der Waals surface area contributed by atoms with Crippen molar-refractivity contribution >= 4 is 28.0 Å². The highest BCUT2D eigenvalue weighted by atomic mass is 32.2. The SMILES string of the molecule is CS(=O)c1cc(N)nc2c([N+](=O)[O-])cnn12. The molecule has 0 bridgehead atoms. The number of nitro groups is 1. The summed E-state index contributed by atoms with van der Waals surface area (Å²) in [5.41, 5.74) is 5.21. The van der Waals surface area contributed by atoms with Crippen LogP contribution in [0, 0.1) is 10.1 Å². The first-order valence-corrected chi connectivity index (χ1v) is 5.68. The second-order valence-electron chi connectivity index (χ2n) is 3.00. The number of nitrogen functional groups attached to an aromatic ring is 1. The summed E-state index contributed by atoms with van der Waals surface area (Å²) in [7, 11) is -1.36. The Bertz CT molecular complexity index is 607. The number of aromatic nitrogens is 3. The van der Waals surface area contributed by atoms with Crippen LogP contribution in [-0.4, -0.2) is 30.0 Å². The minimum atomic E-state index is -1.36. The third-order valence-electron chi connectivity index (χ3n) is 1.93. The highest BCUT2D eigenvalue weighted by molar-refractivity contribution is 7.84. The average molecular weight is 241 g/mol. The van der Waals surface area contributed by atoms with Crippen molar-refractivity contribution in [3.05, 3.63) is 22.4 Å². The van der Waals surface area contributed by atoms with Gasteiger partial charge in [0.2, 0.25) is 5.65 Å². The van der Waals surface area contributed by atoms with Crippen LogP contribution in [0.15, 0.2) is 17.3 Å². The van der Waals surface area contributed by atoms with E-state index in [0.29, 0.717) is 0 Å². The minimum absolute atomic E-state index is 0.00444. The Hall–Kier alpha value is -2.03. The molecule has 0 aliphatic carbocycles. The molecule has 8 nitrogen and oxygen atoms in total. The van der Waals surface area contributed by atoms with Gasteiger partial charge >= 0.3 is 5.69 Å². The van der Waals surface area contributed by atoms with Crippen LogP contribution in [0.2, 0.25) is 0 Å². The van der Waals surface area contributed by atoms with Gasteiger partial charge in [0.25, 0.3) is 0 Å². The molecule has 2 aromatic heterocycles. The van der Waals surface area contributed by atoms with E-state index in [1.165, 1.54) is 12.3 Å². The molecule has 0 saturated heterocycles. The molecule has 2 aromatic rings. The van der Waals surface area contributed by atoms with E-state index in [-0.39, 0.29) is 22.2 Å². The van der Waals surface area contributed by atoms with Gasteiger partial charge in [0.05, 0.1) is 15.7 Å². The highest BCUT2D eigenvalue weighted by Crippen LogP contribution is 2.20. The summed E-state index contributed by atoms with van der Waals surface area (Å²) in [5.74, 6) is 0.0706. The maximum atomic E-state index is 11.4. The first kappa shape index (κ1) is 10.5. The van der Waals surface area contributed by atoms with Gasteiger partial charge in [-0.1, -0.05) is 0 Å². The van der Waals surface area contributed by atoms with Gasteiger partial charge in [0.15, 0.2) is 0 Å². The lowest BCUT2D eigenvalue weighted by atomic mass is 10.5. The van der Waals surface area contributed by atoms with Crippen molar-refractivity contribution in [3.8, 4) is 0 Å². The van der Waals surface area contributed by atoms with Crippen molar-refractivity contribution in [1.29, 1.82) is 0 Å². The predicted molar refractivity (Wildman–Crippen MR) is 56.4 cm³/mol. The summed E-state index contributed by atoms with van der Waals surface area (Å²) in [4.78, 5) is 13.9. The van der Waals surface area contributed by atoms with Crippen molar-refractivity contribution in [1.82, 2.24) is 14.6 Å². The van der Waals surface area contributed by atoms with Gasteiger partial charge in [-0.25, -0.2) is 4.98 Å². The van der Waals surface area contributed by atoms with Crippen molar-refractivity contribution in [3.63, 3.8) is 0 Å². The number of nitrogens with two attached hydrogens (primary N) is 1. The molecule has 0 amide bonds. The molecule has 0 saturated carbocycles. The second kappa shape index (κ2) is 3.52. The zero-order valence-electron chi connectivity index (χ0n) is 8.15. The summed E-state index contributed by atoms with van der Waals surface area (Å²) >= 11 is 0. The van der Waals surface area contributed by atoms with Crippen LogP contribution >= 0.6 is 0 Å².